The highest BCUT2D eigenvalue weighted by Gasteiger charge is 2.17. The maximum atomic E-state index is 10.4. The van der Waals surface area contributed by atoms with Gasteiger partial charge in [0.2, 0.25) is 0 Å². The van der Waals surface area contributed by atoms with Gasteiger partial charge in [-0.15, -0.1) is 0 Å². The second kappa shape index (κ2) is 7.21. The summed E-state index contributed by atoms with van der Waals surface area (Å²) in [7, 11) is 0. The van der Waals surface area contributed by atoms with Crippen LogP contribution in [0.1, 0.15) is 49.9 Å². The van der Waals surface area contributed by atoms with E-state index in [1.807, 2.05) is 6.07 Å². The quantitative estimate of drug-likeness (QED) is 0.710. The largest absolute Gasteiger partial charge is 0.508 e. The van der Waals surface area contributed by atoms with Gasteiger partial charge in [0.15, 0.2) is 0 Å². The van der Waals surface area contributed by atoms with Crippen molar-refractivity contribution in [2.75, 3.05) is 0 Å². The molecule has 0 saturated heterocycles. The molecule has 2 aromatic rings. The topological polar surface area (TPSA) is 20.2 Å². The van der Waals surface area contributed by atoms with Gasteiger partial charge in [0, 0.05) is 0 Å². The van der Waals surface area contributed by atoms with E-state index in [0.717, 1.165) is 18.4 Å². The lowest BCUT2D eigenvalue weighted by molar-refractivity contribution is 0.460. The number of phenolic OH excluding ortho intramolecular Hbond substituents is 1. The van der Waals surface area contributed by atoms with Crippen LogP contribution in [0.15, 0.2) is 30.3 Å². The van der Waals surface area contributed by atoms with Crippen molar-refractivity contribution in [1.82, 2.24) is 0 Å². The molecule has 0 spiro atoms. The summed E-state index contributed by atoms with van der Waals surface area (Å²) in [4.78, 5) is 0. The number of aromatic hydroxyl groups is 1. The second-order valence-corrected chi connectivity index (χ2v) is 7.53. The molecular formula is C22H30O. The van der Waals surface area contributed by atoms with Gasteiger partial charge >= 0.3 is 0 Å². The van der Waals surface area contributed by atoms with Crippen molar-refractivity contribution in [2.24, 2.45) is 11.8 Å². The van der Waals surface area contributed by atoms with Crippen molar-refractivity contribution in [3.8, 4) is 16.9 Å². The maximum absolute atomic E-state index is 10.4. The lowest BCUT2D eigenvalue weighted by Gasteiger charge is -2.21. The third kappa shape index (κ3) is 3.96. The van der Waals surface area contributed by atoms with Gasteiger partial charge in [-0.3, -0.25) is 0 Å². The van der Waals surface area contributed by atoms with Crippen LogP contribution in [0.2, 0.25) is 0 Å². The molecule has 124 valence electrons. The molecule has 0 fully saturated rings. The standard InChI is InChI=1S/C22H30O/c1-14(2)12-20-19(18-9-7-8-16(5)17(18)6)10-11-22(23)21(20)13-15(3)4/h7-11,14-15,23H,12-13H2,1-6H3. The van der Waals surface area contributed by atoms with Crippen LogP contribution < -0.4 is 0 Å². The number of aryl methyl sites for hydroxylation is 1. The van der Waals surface area contributed by atoms with Crippen molar-refractivity contribution in [1.29, 1.82) is 0 Å². The first kappa shape index (κ1) is 17.6. The molecule has 2 rings (SSSR count). The molecule has 0 atom stereocenters. The molecule has 0 unspecified atom stereocenters. The van der Waals surface area contributed by atoms with Crippen molar-refractivity contribution in [3.63, 3.8) is 0 Å². The highest BCUT2D eigenvalue weighted by molar-refractivity contribution is 5.74. The van der Waals surface area contributed by atoms with Crippen LogP contribution in [-0.4, -0.2) is 5.11 Å². The van der Waals surface area contributed by atoms with Crippen LogP contribution in [0.4, 0.5) is 0 Å². The van der Waals surface area contributed by atoms with Crippen molar-refractivity contribution in [2.45, 2.75) is 54.4 Å². The highest BCUT2D eigenvalue weighted by Crippen LogP contribution is 2.36. The third-order valence-electron chi connectivity index (χ3n) is 4.53. The maximum Gasteiger partial charge on any atom is 0.119 e. The number of benzene rings is 2. The predicted octanol–water partition coefficient (Wildman–Crippen LogP) is 6.07. The smallest absolute Gasteiger partial charge is 0.119 e. The van der Waals surface area contributed by atoms with Crippen LogP contribution in [0.5, 0.6) is 5.75 Å². The Labute approximate surface area is 141 Å². The minimum Gasteiger partial charge on any atom is -0.508 e. The Morgan fingerprint density at radius 2 is 1.39 bits per heavy atom. The molecule has 0 heterocycles. The Morgan fingerprint density at radius 3 is 2.00 bits per heavy atom. The van der Waals surface area contributed by atoms with Crippen molar-refractivity contribution < 1.29 is 5.11 Å². The van der Waals surface area contributed by atoms with E-state index in [2.05, 4.69) is 65.8 Å². The van der Waals surface area contributed by atoms with Crippen LogP contribution in [0.3, 0.4) is 0 Å². The Kier molecular flexibility index (Phi) is 5.51. The minimum absolute atomic E-state index is 0.448. The van der Waals surface area contributed by atoms with Gasteiger partial charge in [0.1, 0.15) is 5.75 Å². The van der Waals surface area contributed by atoms with E-state index < -0.39 is 0 Å². The van der Waals surface area contributed by atoms with Crippen LogP contribution in [0, 0.1) is 25.7 Å². The van der Waals surface area contributed by atoms with Gasteiger partial charge in [-0.05, 0) is 78.0 Å². The fraction of sp³-hybridized carbons (Fsp3) is 0.455. The van der Waals surface area contributed by atoms with Crippen LogP contribution in [-0.2, 0) is 12.8 Å². The van der Waals surface area contributed by atoms with Gasteiger partial charge in [-0.25, -0.2) is 0 Å². The van der Waals surface area contributed by atoms with Crippen LogP contribution >= 0.6 is 0 Å². The Balaban J connectivity index is 2.69. The zero-order valence-electron chi connectivity index (χ0n) is 15.4. The number of hydrogen-bond acceptors (Lipinski definition) is 1. The summed E-state index contributed by atoms with van der Waals surface area (Å²) in [5.74, 6) is 1.54. The summed E-state index contributed by atoms with van der Waals surface area (Å²) >= 11 is 0. The molecule has 0 aliphatic carbocycles. The first-order chi connectivity index (χ1) is 10.8. The fourth-order valence-electron chi connectivity index (χ4n) is 3.25. The molecule has 0 bridgehead atoms. The van der Waals surface area contributed by atoms with Crippen LogP contribution in [0.25, 0.3) is 11.1 Å². The molecule has 1 heteroatoms. The van der Waals surface area contributed by atoms with E-state index >= 15 is 0 Å². The first-order valence-corrected chi connectivity index (χ1v) is 8.71. The van der Waals surface area contributed by atoms with Gasteiger partial charge < -0.3 is 5.11 Å². The van der Waals surface area contributed by atoms with Gasteiger partial charge in [0.25, 0.3) is 0 Å². The molecular weight excluding hydrogens is 280 g/mol. The highest BCUT2D eigenvalue weighted by atomic mass is 16.3. The molecule has 0 amide bonds. The summed E-state index contributed by atoms with van der Waals surface area (Å²) < 4.78 is 0. The minimum atomic E-state index is 0.448. The number of phenols is 1. The summed E-state index contributed by atoms with van der Waals surface area (Å²) in [5.41, 5.74) is 7.68. The van der Waals surface area contributed by atoms with E-state index in [-0.39, 0.29) is 0 Å². The molecule has 0 saturated carbocycles. The van der Waals surface area contributed by atoms with Gasteiger partial charge in [0.05, 0.1) is 0 Å². The summed E-state index contributed by atoms with van der Waals surface area (Å²) in [6, 6.07) is 10.5. The predicted molar refractivity (Wildman–Crippen MR) is 100 cm³/mol. The lowest BCUT2D eigenvalue weighted by atomic mass is 9.84. The average Bonchev–Trinajstić information content (AvgIpc) is 2.46. The number of rotatable bonds is 5. The normalized spacial score (nSPS) is 11.5. The monoisotopic (exact) mass is 310 g/mol. The molecule has 0 aliphatic rings. The summed E-state index contributed by atoms with van der Waals surface area (Å²) in [6.45, 7) is 13.3. The van der Waals surface area contributed by atoms with E-state index in [4.69, 9.17) is 0 Å². The molecule has 23 heavy (non-hydrogen) atoms. The Bertz CT molecular complexity index is 681. The molecule has 0 radical (unpaired) electrons. The molecule has 2 aromatic carbocycles. The SMILES string of the molecule is Cc1cccc(-c2ccc(O)c(CC(C)C)c2CC(C)C)c1C. The number of hydrogen-bond donors (Lipinski definition) is 1. The second-order valence-electron chi connectivity index (χ2n) is 7.53. The lowest BCUT2D eigenvalue weighted by Crippen LogP contribution is -2.06. The average molecular weight is 310 g/mol. The Hall–Kier alpha value is -1.76. The zero-order chi connectivity index (χ0) is 17.1. The molecule has 1 nitrogen and oxygen atoms in total. The molecule has 0 aliphatic heterocycles. The van der Waals surface area contributed by atoms with E-state index in [1.165, 1.54) is 27.8 Å². The molecule has 1 N–H and O–H groups in total. The van der Waals surface area contributed by atoms with E-state index in [9.17, 15) is 5.11 Å². The Morgan fingerprint density at radius 1 is 0.783 bits per heavy atom. The van der Waals surface area contributed by atoms with E-state index in [0.29, 0.717) is 17.6 Å². The van der Waals surface area contributed by atoms with Gasteiger partial charge in [-0.1, -0.05) is 52.0 Å². The van der Waals surface area contributed by atoms with Gasteiger partial charge in [-0.2, -0.15) is 0 Å². The molecule has 0 aromatic heterocycles. The van der Waals surface area contributed by atoms with Crippen molar-refractivity contribution >= 4 is 0 Å². The van der Waals surface area contributed by atoms with Crippen molar-refractivity contribution in [3.05, 3.63) is 52.6 Å². The third-order valence-corrected chi connectivity index (χ3v) is 4.53. The fourth-order valence-corrected chi connectivity index (χ4v) is 3.25. The summed E-state index contributed by atoms with van der Waals surface area (Å²) in [6.07, 6.45) is 1.92. The first-order valence-electron chi connectivity index (χ1n) is 8.71. The zero-order valence-corrected chi connectivity index (χ0v) is 15.4. The van der Waals surface area contributed by atoms with E-state index in [1.54, 1.807) is 0 Å². The summed E-state index contributed by atoms with van der Waals surface area (Å²) in [5, 5.41) is 10.4.